The molecule has 0 saturated carbocycles. The predicted octanol–water partition coefficient (Wildman–Crippen LogP) is -4.34. The summed E-state index contributed by atoms with van der Waals surface area (Å²) in [4.78, 5) is 51.6. The number of rotatable bonds is 16. The van der Waals surface area contributed by atoms with Crippen molar-refractivity contribution >= 4 is 29.7 Å². The maximum atomic E-state index is 12.6. The minimum Gasteiger partial charge on any atom is -0.480 e. The van der Waals surface area contributed by atoms with Crippen molar-refractivity contribution in [1.29, 1.82) is 0 Å². The average molecular weight is 447 g/mol. The van der Waals surface area contributed by atoms with E-state index in [4.69, 9.17) is 22.9 Å². The monoisotopic (exact) mass is 446 g/mol. The van der Waals surface area contributed by atoms with Gasteiger partial charge in [0.05, 0.1) is 13.2 Å². The standard InChI is InChI=1S/C17H34N8O6/c18-6-2-1-4-11(16(30)31)24-15(29)12(9-26)25-14(28)10(23-13(27)8-19)5-3-7-22-17(20)21/h10-12,26H,1-9,18-19H2,(H,23,27)(H,24,29)(H,25,28)(H,30,31)(H4,20,21,22). The number of unbranched alkanes of at least 4 members (excludes halogenated alkanes) is 1. The van der Waals surface area contributed by atoms with Gasteiger partial charge >= 0.3 is 5.97 Å². The zero-order valence-corrected chi connectivity index (χ0v) is 17.4. The van der Waals surface area contributed by atoms with Crippen LogP contribution in [0, 0.1) is 0 Å². The van der Waals surface area contributed by atoms with Crippen LogP contribution in [0.1, 0.15) is 32.1 Å². The highest BCUT2D eigenvalue weighted by molar-refractivity contribution is 5.93. The summed E-state index contributed by atoms with van der Waals surface area (Å²) < 4.78 is 0. The third kappa shape index (κ3) is 12.3. The summed E-state index contributed by atoms with van der Waals surface area (Å²) in [5, 5.41) is 25.7. The molecular formula is C17H34N8O6. The Labute approximate surface area is 180 Å². The second-order valence-corrected chi connectivity index (χ2v) is 6.70. The average Bonchev–Trinajstić information content (AvgIpc) is 2.72. The number of hydrogen-bond donors (Lipinski definition) is 9. The molecule has 0 rings (SSSR count). The van der Waals surface area contributed by atoms with Gasteiger partial charge in [0.1, 0.15) is 18.1 Å². The van der Waals surface area contributed by atoms with Crippen molar-refractivity contribution in [1.82, 2.24) is 16.0 Å². The van der Waals surface area contributed by atoms with Crippen molar-refractivity contribution in [2.75, 3.05) is 26.2 Å². The minimum atomic E-state index is -1.42. The van der Waals surface area contributed by atoms with Gasteiger partial charge in [0.25, 0.3) is 0 Å². The van der Waals surface area contributed by atoms with Crippen LogP contribution in [0.3, 0.4) is 0 Å². The van der Waals surface area contributed by atoms with Gasteiger partial charge < -0.3 is 49.1 Å². The molecule has 0 radical (unpaired) electrons. The quantitative estimate of drug-likeness (QED) is 0.0624. The molecule has 0 bridgehead atoms. The number of nitrogens with two attached hydrogens (primary N) is 4. The molecule has 0 aromatic rings. The van der Waals surface area contributed by atoms with Gasteiger partial charge in [-0.25, -0.2) is 4.79 Å². The number of aliphatic carboxylic acids is 1. The number of aliphatic hydroxyl groups is 1. The van der Waals surface area contributed by atoms with E-state index in [1.807, 2.05) is 0 Å². The molecule has 14 heteroatoms. The molecule has 13 N–H and O–H groups in total. The summed E-state index contributed by atoms with van der Waals surface area (Å²) in [6, 6.07) is -3.68. The normalized spacial score (nSPS) is 13.4. The minimum absolute atomic E-state index is 0.122. The van der Waals surface area contributed by atoms with Gasteiger partial charge in [-0.05, 0) is 38.6 Å². The molecule has 3 unspecified atom stereocenters. The Morgan fingerprint density at radius 3 is 1.94 bits per heavy atom. The molecule has 0 aliphatic rings. The molecule has 0 heterocycles. The van der Waals surface area contributed by atoms with Gasteiger partial charge in [0, 0.05) is 6.54 Å². The maximum absolute atomic E-state index is 12.6. The third-order valence-electron chi connectivity index (χ3n) is 4.16. The molecular weight excluding hydrogens is 412 g/mol. The summed E-state index contributed by atoms with van der Waals surface area (Å²) in [5.41, 5.74) is 21.1. The van der Waals surface area contributed by atoms with Crippen LogP contribution in [-0.2, 0) is 19.2 Å². The van der Waals surface area contributed by atoms with Crippen LogP contribution in [-0.4, -0.2) is 84.2 Å². The number of guanidine groups is 1. The first-order valence-corrected chi connectivity index (χ1v) is 9.85. The number of nitrogens with zero attached hydrogens (tertiary/aromatic N) is 1. The van der Waals surface area contributed by atoms with E-state index in [9.17, 15) is 29.4 Å². The number of carbonyl (C=O) groups is 4. The van der Waals surface area contributed by atoms with Gasteiger partial charge in [0.15, 0.2) is 5.96 Å². The SMILES string of the molecule is NCCCCC(NC(=O)C(CO)NC(=O)C(CCCN=C(N)N)NC(=O)CN)C(=O)O. The van der Waals surface area contributed by atoms with Gasteiger partial charge in [-0.1, -0.05) is 0 Å². The van der Waals surface area contributed by atoms with Crippen molar-refractivity contribution in [2.45, 2.75) is 50.2 Å². The Morgan fingerprint density at radius 2 is 1.42 bits per heavy atom. The van der Waals surface area contributed by atoms with Crippen LogP contribution in [0.4, 0.5) is 0 Å². The van der Waals surface area contributed by atoms with E-state index in [1.54, 1.807) is 0 Å². The van der Waals surface area contributed by atoms with Gasteiger partial charge in [-0.2, -0.15) is 0 Å². The molecule has 0 aliphatic carbocycles. The van der Waals surface area contributed by atoms with E-state index in [2.05, 4.69) is 20.9 Å². The molecule has 14 nitrogen and oxygen atoms in total. The molecule has 0 aliphatic heterocycles. The van der Waals surface area contributed by atoms with E-state index in [0.29, 0.717) is 25.8 Å². The van der Waals surface area contributed by atoms with E-state index in [0.717, 1.165) is 0 Å². The molecule has 0 fully saturated rings. The molecule has 3 amide bonds. The highest BCUT2D eigenvalue weighted by Gasteiger charge is 2.28. The number of aliphatic hydroxyl groups excluding tert-OH is 1. The van der Waals surface area contributed by atoms with E-state index < -0.39 is 48.4 Å². The second-order valence-electron chi connectivity index (χ2n) is 6.70. The summed E-state index contributed by atoms with van der Waals surface area (Å²) in [5.74, 6) is -3.60. The van der Waals surface area contributed by atoms with Crippen LogP contribution in [0.25, 0.3) is 0 Å². The third-order valence-corrected chi connectivity index (χ3v) is 4.16. The van der Waals surface area contributed by atoms with Crippen molar-refractivity contribution in [2.24, 2.45) is 27.9 Å². The van der Waals surface area contributed by atoms with Crippen molar-refractivity contribution in [3.8, 4) is 0 Å². The molecule has 3 atom stereocenters. The first kappa shape index (κ1) is 28.0. The Kier molecular flexibility index (Phi) is 14.3. The van der Waals surface area contributed by atoms with E-state index in [-0.39, 0.29) is 31.9 Å². The molecule has 0 spiro atoms. The number of carboxylic acid groups (broad SMARTS) is 1. The van der Waals surface area contributed by atoms with Gasteiger partial charge in [-0.15, -0.1) is 0 Å². The van der Waals surface area contributed by atoms with E-state index >= 15 is 0 Å². The van der Waals surface area contributed by atoms with Crippen molar-refractivity contribution in [3.63, 3.8) is 0 Å². The van der Waals surface area contributed by atoms with Crippen LogP contribution < -0.4 is 38.9 Å². The lowest BCUT2D eigenvalue weighted by atomic mass is 10.1. The van der Waals surface area contributed by atoms with Crippen molar-refractivity contribution in [3.05, 3.63) is 0 Å². The zero-order chi connectivity index (χ0) is 23.8. The number of hydrogen-bond acceptors (Lipinski definition) is 8. The summed E-state index contributed by atoms with van der Waals surface area (Å²) in [7, 11) is 0. The van der Waals surface area contributed by atoms with Gasteiger partial charge in [-0.3, -0.25) is 19.4 Å². The number of carbonyl (C=O) groups excluding carboxylic acids is 3. The summed E-state index contributed by atoms with van der Waals surface area (Å²) in [6.45, 7) is -0.546. The number of amides is 3. The Morgan fingerprint density at radius 1 is 0.839 bits per heavy atom. The summed E-state index contributed by atoms with van der Waals surface area (Å²) >= 11 is 0. The first-order valence-electron chi connectivity index (χ1n) is 9.85. The largest absolute Gasteiger partial charge is 0.480 e. The van der Waals surface area contributed by atoms with Crippen LogP contribution in [0.15, 0.2) is 4.99 Å². The number of aliphatic imine (C=N–C) groups is 1. The molecule has 0 aromatic heterocycles. The highest BCUT2D eigenvalue weighted by Crippen LogP contribution is 2.03. The number of nitrogens with one attached hydrogen (secondary N) is 3. The highest BCUT2D eigenvalue weighted by atomic mass is 16.4. The molecule has 0 aromatic carbocycles. The fourth-order valence-electron chi connectivity index (χ4n) is 2.51. The lowest BCUT2D eigenvalue weighted by Crippen LogP contribution is -2.57. The fourth-order valence-corrected chi connectivity index (χ4v) is 2.51. The topological polar surface area (TPSA) is 261 Å². The lowest BCUT2D eigenvalue weighted by molar-refractivity contribution is -0.142. The van der Waals surface area contributed by atoms with E-state index in [1.165, 1.54) is 0 Å². The zero-order valence-electron chi connectivity index (χ0n) is 17.4. The van der Waals surface area contributed by atoms with Crippen molar-refractivity contribution < 1.29 is 29.4 Å². The Hall–Kier alpha value is -2.97. The molecule has 178 valence electrons. The maximum Gasteiger partial charge on any atom is 0.326 e. The Bertz CT molecular complexity index is 626. The second kappa shape index (κ2) is 15.8. The first-order chi connectivity index (χ1) is 14.7. The van der Waals surface area contributed by atoms with Gasteiger partial charge in [0.2, 0.25) is 17.7 Å². The molecule has 0 saturated heterocycles. The number of carboxylic acids is 1. The predicted molar refractivity (Wildman–Crippen MR) is 112 cm³/mol. The fraction of sp³-hybridized carbons (Fsp3) is 0.706. The van der Waals surface area contributed by atoms with Crippen LogP contribution in [0.5, 0.6) is 0 Å². The molecule has 31 heavy (non-hydrogen) atoms. The van der Waals surface area contributed by atoms with Crippen LogP contribution in [0.2, 0.25) is 0 Å². The van der Waals surface area contributed by atoms with Crippen LogP contribution >= 0.6 is 0 Å². The summed E-state index contributed by atoms with van der Waals surface area (Å²) in [6.07, 6.45) is 1.67. The Balaban J connectivity index is 5.05. The smallest absolute Gasteiger partial charge is 0.326 e. The lowest BCUT2D eigenvalue weighted by Gasteiger charge is -2.23.